The Morgan fingerprint density at radius 3 is 2.21 bits per heavy atom. The van der Waals surface area contributed by atoms with Gasteiger partial charge in [0, 0.05) is 24.2 Å². The molecule has 0 bridgehead atoms. The molecule has 0 saturated heterocycles. The molecule has 0 spiro atoms. The number of rotatable bonds is 10. The Kier molecular flexibility index (Phi) is 7.74. The van der Waals surface area contributed by atoms with Gasteiger partial charge in [-0.3, -0.25) is 9.69 Å². The minimum Gasteiger partial charge on any atom is -0.496 e. The predicted octanol–water partition coefficient (Wildman–Crippen LogP) is 1.45. The van der Waals surface area contributed by atoms with Crippen LogP contribution in [0.2, 0.25) is 0 Å². The Bertz CT molecular complexity index is 665. The summed E-state index contributed by atoms with van der Waals surface area (Å²) >= 11 is 0. The molecular formula is C19H29N3O6. The van der Waals surface area contributed by atoms with Crippen LogP contribution in [0.4, 0.5) is 4.79 Å². The quantitative estimate of drug-likeness (QED) is 0.550. The van der Waals surface area contributed by atoms with Gasteiger partial charge in [0.05, 0.1) is 40.0 Å². The predicted molar refractivity (Wildman–Crippen MR) is 103 cm³/mol. The molecule has 1 aliphatic rings. The number of hydrogen-bond acceptors (Lipinski definition) is 6. The van der Waals surface area contributed by atoms with E-state index in [1.165, 1.54) is 0 Å². The van der Waals surface area contributed by atoms with Gasteiger partial charge in [0.15, 0.2) is 0 Å². The monoisotopic (exact) mass is 395 g/mol. The number of amides is 2. The molecule has 0 aromatic heterocycles. The second-order valence-electron chi connectivity index (χ2n) is 6.62. The summed E-state index contributed by atoms with van der Waals surface area (Å²) in [4.78, 5) is 25.0. The Morgan fingerprint density at radius 2 is 1.75 bits per heavy atom. The van der Waals surface area contributed by atoms with E-state index < -0.39 is 5.97 Å². The number of urea groups is 1. The Morgan fingerprint density at radius 1 is 1.14 bits per heavy atom. The molecule has 156 valence electrons. The van der Waals surface area contributed by atoms with Gasteiger partial charge in [0.25, 0.3) is 0 Å². The van der Waals surface area contributed by atoms with Crippen molar-refractivity contribution >= 4 is 12.0 Å². The van der Waals surface area contributed by atoms with Crippen molar-refractivity contribution in [1.29, 1.82) is 0 Å². The second-order valence-corrected chi connectivity index (χ2v) is 6.62. The number of nitrogens with zero attached hydrogens (tertiary/aromatic N) is 1. The summed E-state index contributed by atoms with van der Waals surface area (Å²) in [6, 6.07) is 3.40. The van der Waals surface area contributed by atoms with Crippen molar-refractivity contribution < 1.29 is 28.9 Å². The van der Waals surface area contributed by atoms with E-state index in [1.807, 2.05) is 11.8 Å². The van der Waals surface area contributed by atoms with Crippen LogP contribution in [0.5, 0.6) is 17.2 Å². The first kappa shape index (κ1) is 21.6. The molecular weight excluding hydrogens is 366 g/mol. The van der Waals surface area contributed by atoms with Crippen molar-refractivity contribution in [1.82, 2.24) is 15.5 Å². The highest BCUT2D eigenvalue weighted by molar-refractivity contribution is 5.74. The van der Waals surface area contributed by atoms with Crippen molar-refractivity contribution in [2.75, 3.05) is 34.4 Å². The molecule has 0 atom stereocenters. The molecule has 2 rings (SSSR count). The molecule has 9 nitrogen and oxygen atoms in total. The lowest BCUT2D eigenvalue weighted by atomic mass is 9.85. The summed E-state index contributed by atoms with van der Waals surface area (Å²) in [5.41, 5.74) is 0.714. The second kappa shape index (κ2) is 10.0. The molecule has 0 heterocycles. The number of aliphatic carboxylic acids is 1. The molecule has 3 N–H and O–H groups in total. The number of nitrogens with one attached hydrogen (secondary N) is 2. The third-order valence-electron chi connectivity index (χ3n) is 4.95. The highest BCUT2D eigenvalue weighted by Crippen LogP contribution is 2.34. The van der Waals surface area contributed by atoms with Crippen molar-refractivity contribution in [3.63, 3.8) is 0 Å². The van der Waals surface area contributed by atoms with Crippen LogP contribution in [-0.2, 0) is 11.3 Å². The van der Waals surface area contributed by atoms with Crippen LogP contribution in [0.1, 0.15) is 25.3 Å². The maximum Gasteiger partial charge on any atom is 0.317 e. The molecule has 0 radical (unpaired) electrons. The lowest BCUT2D eigenvalue weighted by Crippen LogP contribution is -2.56. The standard InChI is InChI=1S/C19H29N3O6/c1-5-22(11-18(23)24)13-6-12(7-13)21-19(25)20-10-15-16(27-3)8-14(26-2)9-17(15)28-4/h8-9,12-13H,5-7,10-11H2,1-4H3,(H,23,24)(H2,20,21,25). The molecule has 0 unspecified atom stereocenters. The lowest BCUT2D eigenvalue weighted by Gasteiger charge is -2.42. The zero-order chi connectivity index (χ0) is 20.7. The molecule has 1 aromatic rings. The van der Waals surface area contributed by atoms with E-state index >= 15 is 0 Å². The van der Waals surface area contributed by atoms with Gasteiger partial charge in [0.2, 0.25) is 0 Å². The maximum atomic E-state index is 12.2. The number of carbonyl (C=O) groups excluding carboxylic acids is 1. The van der Waals surface area contributed by atoms with E-state index in [1.54, 1.807) is 33.5 Å². The molecule has 1 fully saturated rings. The van der Waals surface area contributed by atoms with E-state index in [2.05, 4.69) is 10.6 Å². The molecule has 1 saturated carbocycles. The highest BCUT2D eigenvalue weighted by atomic mass is 16.5. The first-order valence-corrected chi connectivity index (χ1v) is 9.20. The van der Waals surface area contributed by atoms with Gasteiger partial charge in [-0.05, 0) is 19.4 Å². The Labute approximate surface area is 164 Å². The molecule has 1 aromatic carbocycles. The number of benzene rings is 1. The Hall–Kier alpha value is -2.68. The molecule has 1 aliphatic carbocycles. The Balaban J connectivity index is 1.86. The number of ether oxygens (including phenoxy) is 3. The molecule has 0 aliphatic heterocycles. The summed E-state index contributed by atoms with van der Waals surface area (Å²) in [5, 5.41) is 14.7. The highest BCUT2D eigenvalue weighted by Gasteiger charge is 2.34. The van der Waals surface area contributed by atoms with Gasteiger partial charge < -0.3 is 30.0 Å². The van der Waals surface area contributed by atoms with Crippen LogP contribution in [0.25, 0.3) is 0 Å². The van der Waals surface area contributed by atoms with Gasteiger partial charge in [0.1, 0.15) is 17.2 Å². The minimum absolute atomic E-state index is 0.0249. The minimum atomic E-state index is -0.835. The fourth-order valence-corrected chi connectivity index (χ4v) is 3.33. The SMILES string of the molecule is CCN(CC(=O)O)C1CC(NC(=O)NCc2c(OC)cc(OC)cc2OC)C1. The van der Waals surface area contributed by atoms with Gasteiger partial charge in [-0.15, -0.1) is 0 Å². The summed E-state index contributed by atoms with van der Waals surface area (Å²) in [6.07, 6.45) is 1.48. The van der Waals surface area contributed by atoms with E-state index in [0.717, 1.165) is 12.8 Å². The molecule has 9 heteroatoms. The zero-order valence-corrected chi connectivity index (χ0v) is 16.8. The summed E-state index contributed by atoms with van der Waals surface area (Å²) < 4.78 is 16.0. The maximum absolute atomic E-state index is 12.2. The number of hydrogen-bond donors (Lipinski definition) is 3. The fraction of sp³-hybridized carbons (Fsp3) is 0.579. The third kappa shape index (κ3) is 5.41. The number of carbonyl (C=O) groups is 2. The number of methoxy groups -OCH3 is 3. The van der Waals surface area contributed by atoms with E-state index in [0.29, 0.717) is 29.4 Å². The lowest BCUT2D eigenvalue weighted by molar-refractivity contribution is -0.139. The van der Waals surface area contributed by atoms with Crippen LogP contribution in [0, 0.1) is 0 Å². The van der Waals surface area contributed by atoms with Crippen molar-refractivity contribution in [3.8, 4) is 17.2 Å². The van der Waals surface area contributed by atoms with Gasteiger partial charge in [-0.2, -0.15) is 0 Å². The average molecular weight is 395 g/mol. The first-order valence-electron chi connectivity index (χ1n) is 9.20. The van der Waals surface area contributed by atoms with Crippen LogP contribution in [0.15, 0.2) is 12.1 Å². The van der Waals surface area contributed by atoms with Gasteiger partial charge >= 0.3 is 12.0 Å². The van der Waals surface area contributed by atoms with Crippen LogP contribution >= 0.6 is 0 Å². The normalized spacial score (nSPS) is 18.2. The third-order valence-corrected chi connectivity index (χ3v) is 4.95. The van der Waals surface area contributed by atoms with Crippen molar-refractivity contribution in [3.05, 3.63) is 17.7 Å². The number of carboxylic acids is 1. The van der Waals surface area contributed by atoms with E-state index in [9.17, 15) is 9.59 Å². The van der Waals surface area contributed by atoms with Crippen LogP contribution in [0.3, 0.4) is 0 Å². The first-order chi connectivity index (χ1) is 13.4. The summed E-state index contributed by atoms with van der Waals surface area (Å²) in [5.74, 6) is 0.891. The number of carboxylic acid groups (broad SMARTS) is 1. The average Bonchev–Trinajstić information content (AvgIpc) is 2.66. The topological polar surface area (TPSA) is 109 Å². The fourth-order valence-electron chi connectivity index (χ4n) is 3.33. The number of likely N-dealkylation sites (N-methyl/N-ethyl adjacent to an activating group) is 1. The van der Waals surface area contributed by atoms with E-state index in [-0.39, 0.29) is 31.2 Å². The largest absolute Gasteiger partial charge is 0.496 e. The van der Waals surface area contributed by atoms with Crippen molar-refractivity contribution in [2.24, 2.45) is 0 Å². The smallest absolute Gasteiger partial charge is 0.317 e. The van der Waals surface area contributed by atoms with Gasteiger partial charge in [-0.1, -0.05) is 6.92 Å². The van der Waals surface area contributed by atoms with E-state index in [4.69, 9.17) is 19.3 Å². The van der Waals surface area contributed by atoms with Gasteiger partial charge in [-0.25, -0.2) is 4.79 Å². The summed E-state index contributed by atoms with van der Waals surface area (Å²) in [7, 11) is 4.65. The molecule has 28 heavy (non-hydrogen) atoms. The van der Waals surface area contributed by atoms with Crippen molar-refractivity contribution in [2.45, 2.75) is 38.4 Å². The van der Waals surface area contributed by atoms with Crippen LogP contribution in [-0.4, -0.2) is 68.5 Å². The zero-order valence-electron chi connectivity index (χ0n) is 16.8. The summed E-state index contributed by atoms with van der Waals surface area (Å²) in [6.45, 7) is 2.87. The van der Waals surface area contributed by atoms with Crippen LogP contribution < -0.4 is 24.8 Å². The molecule has 2 amide bonds.